The molecule has 5 rings (SSSR count). The number of fused-ring (bicyclic) bond motifs is 2. The minimum Gasteiger partial charge on any atom is -0.326 e. The topological polar surface area (TPSA) is 132 Å². The minimum atomic E-state index is -0.452. The fourth-order valence-electron chi connectivity index (χ4n) is 3.58. The Kier molecular flexibility index (Phi) is 4.86. The highest BCUT2D eigenvalue weighted by molar-refractivity contribution is 7.15. The van der Waals surface area contributed by atoms with Gasteiger partial charge in [-0.15, -0.1) is 16.4 Å². The first-order valence-electron chi connectivity index (χ1n) is 9.81. The zero-order valence-electron chi connectivity index (χ0n) is 16.6. The molecule has 2 aromatic carbocycles. The van der Waals surface area contributed by atoms with E-state index in [2.05, 4.69) is 20.7 Å². The fraction of sp³-hybridized carbons (Fsp3) is 0.143. The van der Waals surface area contributed by atoms with Gasteiger partial charge >= 0.3 is 0 Å². The number of nitrogens with one attached hydrogen (secondary N) is 2. The number of nitro groups is 1. The first-order valence-corrected chi connectivity index (χ1v) is 10.7. The molecular formula is C21H16N6O4S. The third-order valence-electron chi connectivity index (χ3n) is 5.17. The normalized spacial score (nSPS) is 13.3. The van der Waals surface area contributed by atoms with Gasteiger partial charge in [0, 0.05) is 40.7 Å². The van der Waals surface area contributed by atoms with Crippen LogP contribution in [0.2, 0.25) is 0 Å². The lowest BCUT2D eigenvalue weighted by Gasteiger charge is -2.08. The van der Waals surface area contributed by atoms with Crippen LogP contribution in [0.1, 0.15) is 28.8 Å². The van der Waals surface area contributed by atoms with Crippen molar-refractivity contribution in [3.63, 3.8) is 0 Å². The van der Waals surface area contributed by atoms with Crippen LogP contribution in [0.15, 0.2) is 47.8 Å². The van der Waals surface area contributed by atoms with E-state index in [0.29, 0.717) is 29.1 Å². The van der Waals surface area contributed by atoms with E-state index in [1.165, 1.54) is 23.5 Å². The van der Waals surface area contributed by atoms with Crippen molar-refractivity contribution in [1.82, 2.24) is 14.6 Å². The van der Waals surface area contributed by atoms with Gasteiger partial charge in [-0.25, -0.2) is 4.52 Å². The van der Waals surface area contributed by atoms with Gasteiger partial charge in [-0.1, -0.05) is 0 Å². The molecule has 0 unspecified atom stereocenters. The predicted octanol–water partition coefficient (Wildman–Crippen LogP) is 3.89. The highest BCUT2D eigenvalue weighted by Gasteiger charge is 2.18. The van der Waals surface area contributed by atoms with Crippen molar-refractivity contribution in [2.75, 3.05) is 10.6 Å². The van der Waals surface area contributed by atoms with Crippen LogP contribution in [0.4, 0.5) is 17.3 Å². The molecule has 2 N–H and O–H groups in total. The molecule has 0 atom stereocenters. The number of benzene rings is 2. The van der Waals surface area contributed by atoms with Crippen molar-refractivity contribution in [1.29, 1.82) is 0 Å². The van der Waals surface area contributed by atoms with Crippen molar-refractivity contribution in [3.05, 3.63) is 69.1 Å². The van der Waals surface area contributed by atoms with Gasteiger partial charge in [0.15, 0.2) is 0 Å². The Bertz CT molecular complexity index is 1370. The van der Waals surface area contributed by atoms with Crippen molar-refractivity contribution < 1.29 is 14.5 Å². The molecule has 3 heterocycles. The number of non-ortho nitro benzene ring substituents is 1. The number of hydrogen-bond donors (Lipinski definition) is 2. The monoisotopic (exact) mass is 448 g/mol. The quantitative estimate of drug-likeness (QED) is 0.360. The van der Waals surface area contributed by atoms with Crippen molar-refractivity contribution in [2.24, 2.45) is 0 Å². The van der Waals surface area contributed by atoms with Crippen LogP contribution < -0.4 is 10.6 Å². The number of carbonyl (C=O) groups is 2. The summed E-state index contributed by atoms with van der Waals surface area (Å²) in [4.78, 5) is 39.8. The Morgan fingerprint density at radius 1 is 1.19 bits per heavy atom. The van der Waals surface area contributed by atoms with Crippen LogP contribution >= 0.6 is 11.3 Å². The van der Waals surface area contributed by atoms with Crippen LogP contribution in [0.5, 0.6) is 0 Å². The Labute approximate surface area is 185 Å². The number of anilines is 2. The Morgan fingerprint density at radius 3 is 2.78 bits per heavy atom. The maximum atomic E-state index is 12.8. The number of aryl methyl sites for hydroxylation is 1. The van der Waals surface area contributed by atoms with E-state index in [1.807, 2.05) is 5.38 Å². The summed E-state index contributed by atoms with van der Waals surface area (Å²) in [6.45, 7) is 0. The van der Waals surface area contributed by atoms with Gasteiger partial charge in [0.25, 0.3) is 17.5 Å². The number of nitrogens with zero attached hydrogens (tertiary/aromatic N) is 4. The first kappa shape index (κ1) is 19.8. The third kappa shape index (κ3) is 3.69. The van der Waals surface area contributed by atoms with E-state index in [4.69, 9.17) is 0 Å². The number of hydrogen-bond acceptors (Lipinski definition) is 7. The molecule has 11 heteroatoms. The maximum absolute atomic E-state index is 12.8. The van der Waals surface area contributed by atoms with Crippen molar-refractivity contribution >= 4 is 45.4 Å². The summed E-state index contributed by atoms with van der Waals surface area (Å²) in [7, 11) is 0. The van der Waals surface area contributed by atoms with Gasteiger partial charge in [0.05, 0.1) is 10.6 Å². The van der Waals surface area contributed by atoms with E-state index in [-0.39, 0.29) is 23.5 Å². The average molecular weight is 448 g/mol. The highest BCUT2D eigenvalue weighted by atomic mass is 32.1. The van der Waals surface area contributed by atoms with Crippen molar-refractivity contribution in [2.45, 2.75) is 19.3 Å². The van der Waals surface area contributed by atoms with Gasteiger partial charge < -0.3 is 5.32 Å². The summed E-state index contributed by atoms with van der Waals surface area (Å²) < 4.78 is 1.59. The van der Waals surface area contributed by atoms with E-state index in [9.17, 15) is 19.7 Å². The molecule has 32 heavy (non-hydrogen) atoms. The summed E-state index contributed by atoms with van der Waals surface area (Å²) in [5.74, 6) is -0.209. The highest BCUT2D eigenvalue weighted by Crippen LogP contribution is 2.28. The van der Waals surface area contributed by atoms with Gasteiger partial charge in [-0.05, 0) is 48.7 Å². The van der Waals surface area contributed by atoms with Gasteiger partial charge in [0.2, 0.25) is 10.9 Å². The van der Waals surface area contributed by atoms with Gasteiger partial charge in [-0.3, -0.25) is 25.0 Å². The summed E-state index contributed by atoms with van der Waals surface area (Å²) in [5, 5.41) is 22.7. The minimum absolute atomic E-state index is 0.00656. The average Bonchev–Trinajstić information content (AvgIpc) is 3.28. The molecule has 10 nitrogen and oxygen atoms in total. The zero-order valence-corrected chi connectivity index (χ0v) is 17.4. The summed E-state index contributed by atoms with van der Waals surface area (Å²) >= 11 is 1.35. The molecule has 2 aromatic heterocycles. The Hall–Kier alpha value is -4.12. The molecule has 0 bridgehead atoms. The Morgan fingerprint density at radius 2 is 2.00 bits per heavy atom. The first-order chi connectivity index (χ1) is 15.5. The summed E-state index contributed by atoms with van der Waals surface area (Å²) in [6.07, 6.45) is 1.91. The van der Waals surface area contributed by atoms with E-state index >= 15 is 0 Å². The van der Waals surface area contributed by atoms with Crippen LogP contribution in [-0.2, 0) is 11.2 Å². The van der Waals surface area contributed by atoms with E-state index in [1.54, 1.807) is 34.8 Å². The molecule has 1 aliphatic heterocycles. The fourth-order valence-corrected chi connectivity index (χ4v) is 4.41. The number of amides is 2. The Balaban J connectivity index is 1.38. The summed E-state index contributed by atoms with van der Waals surface area (Å²) in [6, 6.07) is 11.3. The largest absolute Gasteiger partial charge is 0.326 e. The van der Waals surface area contributed by atoms with Crippen LogP contribution in [0.25, 0.3) is 16.2 Å². The number of nitro benzene ring substituents is 1. The number of thiazole rings is 1. The standard InChI is InChI=1S/C21H16N6O4S/c28-18-3-1-2-13-10-14(6-9-16(13)22-18)19(29)23-20-24-21-26(25-20)17(11-32-21)12-4-7-15(8-5-12)27(30)31/h4-11H,1-3H2,(H,22,28)(H,23,25,29). The molecule has 1 aliphatic rings. The van der Waals surface area contributed by atoms with Gasteiger partial charge in [0.1, 0.15) is 0 Å². The number of carbonyl (C=O) groups excluding carboxylic acids is 2. The number of rotatable bonds is 4. The lowest BCUT2D eigenvalue weighted by atomic mass is 10.0. The SMILES string of the molecule is O=C1CCCc2cc(C(=O)Nc3nc4scc(-c5ccc([N+](=O)[O-])cc5)n4n3)ccc2N1. The van der Waals surface area contributed by atoms with Crippen LogP contribution in [-0.4, -0.2) is 31.3 Å². The molecule has 0 saturated carbocycles. The molecular weight excluding hydrogens is 432 g/mol. The zero-order chi connectivity index (χ0) is 22.2. The van der Waals surface area contributed by atoms with Crippen LogP contribution in [0, 0.1) is 10.1 Å². The molecule has 2 amide bonds. The maximum Gasteiger partial charge on any atom is 0.269 e. The molecule has 0 spiro atoms. The van der Waals surface area contributed by atoms with Crippen LogP contribution in [0.3, 0.4) is 0 Å². The molecule has 4 aromatic rings. The predicted molar refractivity (Wildman–Crippen MR) is 119 cm³/mol. The molecule has 0 aliphatic carbocycles. The van der Waals surface area contributed by atoms with Gasteiger partial charge in [-0.2, -0.15) is 4.98 Å². The second-order valence-corrected chi connectivity index (χ2v) is 8.12. The second-order valence-electron chi connectivity index (χ2n) is 7.28. The number of aromatic nitrogens is 3. The lowest BCUT2D eigenvalue weighted by molar-refractivity contribution is -0.384. The molecule has 0 saturated heterocycles. The molecule has 0 radical (unpaired) electrons. The van der Waals surface area contributed by atoms with E-state index in [0.717, 1.165) is 23.2 Å². The summed E-state index contributed by atoms with van der Waals surface area (Å²) in [5.41, 5.74) is 3.58. The molecule has 160 valence electrons. The lowest BCUT2D eigenvalue weighted by Crippen LogP contribution is -2.14. The van der Waals surface area contributed by atoms with Crippen molar-refractivity contribution in [3.8, 4) is 11.3 Å². The third-order valence-corrected chi connectivity index (χ3v) is 5.99. The second kappa shape index (κ2) is 7.85. The molecule has 0 fully saturated rings. The smallest absolute Gasteiger partial charge is 0.269 e. The van der Waals surface area contributed by atoms with E-state index < -0.39 is 4.92 Å².